The lowest BCUT2D eigenvalue weighted by atomic mass is 9.87. The van der Waals surface area contributed by atoms with Gasteiger partial charge in [0.25, 0.3) is 0 Å². The number of aryl methyl sites for hydroxylation is 1. The van der Waals surface area contributed by atoms with Crippen LogP contribution in [0, 0.1) is 11.8 Å². The van der Waals surface area contributed by atoms with Gasteiger partial charge < -0.3 is 9.80 Å². The van der Waals surface area contributed by atoms with Crippen LogP contribution in [0.5, 0.6) is 0 Å². The van der Waals surface area contributed by atoms with E-state index in [1.165, 1.54) is 102 Å². The van der Waals surface area contributed by atoms with Gasteiger partial charge >= 0.3 is 0 Å². The Morgan fingerprint density at radius 3 is 2.17 bits per heavy atom. The first kappa shape index (κ1) is 25.0. The second kappa shape index (κ2) is 12.5. The highest BCUT2D eigenvalue weighted by Gasteiger charge is 2.39. The summed E-state index contributed by atoms with van der Waals surface area (Å²) in [6.07, 6.45) is 16.7. The zero-order valence-electron chi connectivity index (χ0n) is 22.2. The van der Waals surface area contributed by atoms with Crippen LogP contribution in [0.25, 0.3) is 0 Å². The van der Waals surface area contributed by atoms with Crippen LogP contribution >= 0.6 is 0 Å². The molecule has 1 unspecified atom stereocenters. The van der Waals surface area contributed by atoms with Crippen molar-refractivity contribution in [2.45, 2.75) is 95.1 Å². The Morgan fingerprint density at radius 1 is 0.771 bits per heavy atom. The van der Waals surface area contributed by atoms with E-state index in [1.807, 2.05) is 0 Å². The van der Waals surface area contributed by atoms with Crippen LogP contribution in [0.4, 0.5) is 0 Å². The Hall–Kier alpha value is -1.64. The van der Waals surface area contributed by atoms with Crippen LogP contribution in [0.15, 0.2) is 60.7 Å². The van der Waals surface area contributed by atoms with E-state index in [2.05, 4.69) is 77.5 Å². The van der Waals surface area contributed by atoms with Gasteiger partial charge in [0.2, 0.25) is 0 Å². The predicted octanol–water partition coefficient (Wildman–Crippen LogP) is 7.55. The van der Waals surface area contributed by atoms with Gasteiger partial charge in [-0.1, -0.05) is 86.3 Å². The highest BCUT2D eigenvalue weighted by molar-refractivity contribution is 5.23. The molecular formula is C33H48N2. The van der Waals surface area contributed by atoms with E-state index in [1.54, 1.807) is 5.56 Å². The topological polar surface area (TPSA) is 6.48 Å². The number of piperidine rings is 1. The number of likely N-dealkylation sites (tertiary alicyclic amines) is 1. The van der Waals surface area contributed by atoms with E-state index in [4.69, 9.17) is 0 Å². The molecule has 3 fully saturated rings. The summed E-state index contributed by atoms with van der Waals surface area (Å²) in [6, 6.07) is 24.1. The average molecular weight is 473 g/mol. The van der Waals surface area contributed by atoms with Crippen molar-refractivity contribution in [3.05, 3.63) is 71.8 Å². The molecule has 1 saturated heterocycles. The number of nitrogens with zero attached hydrogens (tertiary/aromatic N) is 2. The van der Waals surface area contributed by atoms with Crippen molar-refractivity contribution in [3.63, 3.8) is 0 Å². The molecule has 1 aliphatic heterocycles. The minimum absolute atomic E-state index is 0.732. The van der Waals surface area contributed by atoms with Crippen LogP contribution in [0.3, 0.4) is 0 Å². The molecule has 0 radical (unpaired) electrons. The molecule has 2 saturated carbocycles. The molecule has 0 bridgehead atoms. The molecule has 2 aromatic carbocycles. The first-order chi connectivity index (χ1) is 17.3. The van der Waals surface area contributed by atoms with Crippen LogP contribution < -0.4 is 0 Å². The average Bonchev–Trinajstić information content (AvgIpc) is 3.34. The molecule has 0 aromatic heterocycles. The Morgan fingerprint density at radius 2 is 1.46 bits per heavy atom. The number of rotatable bonds is 9. The highest BCUT2D eigenvalue weighted by Crippen LogP contribution is 2.43. The fraction of sp³-hybridized carbons (Fsp3) is 0.636. The standard InChI is InChI=1S/C33H48N2/c1-34(31-18-9-4-10-19-31)32-24-30(33(25-32)29-16-7-3-8-17-29)26-35-22-20-28(21-23-35)15-11-14-27-12-5-2-6-13-27/h2-3,5-8,12-13,16-17,28,30-33H,4,9-11,14-15,18-26H2,1H3/t30-,32?,33-/m1/s1. The minimum Gasteiger partial charge on any atom is -0.303 e. The zero-order chi connectivity index (χ0) is 23.9. The molecule has 3 atom stereocenters. The van der Waals surface area contributed by atoms with E-state index in [-0.39, 0.29) is 0 Å². The van der Waals surface area contributed by atoms with Crippen molar-refractivity contribution in [2.24, 2.45) is 11.8 Å². The minimum atomic E-state index is 0.732. The van der Waals surface area contributed by atoms with E-state index >= 15 is 0 Å². The van der Waals surface area contributed by atoms with Crippen LogP contribution in [0.2, 0.25) is 0 Å². The smallest absolute Gasteiger partial charge is 0.0104 e. The third-order valence-electron chi connectivity index (χ3n) is 9.74. The molecule has 190 valence electrons. The van der Waals surface area contributed by atoms with Gasteiger partial charge in [-0.25, -0.2) is 0 Å². The quantitative estimate of drug-likeness (QED) is 0.372. The molecular weight excluding hydrogens is 424 g/mol. The van der Waals surface area contributed by atoms with Crippen molar-refractivity contribution in [1.29, 1.82) is 0 Å². The Balaban J connectivity index is 1.13. The summed E-state index contributed by atoms with van der Waals surface area (Å²) in [7, 11) is 2.45. The lowest BCUT2D eigenvalue weighted by molar-refractivity contribution is 0.127. The van der Waals surface area contributed by atoms with Gasteiger partial charge in [0.05, 0.1) is 0 Å². The molecule has 0 amide bonds. The highest BCUT2D eigenvalue weighted by atomic mass is 15.2. The Bertz CT molecular complexity index is 851. The third-order valence-corrected chi connectivity index (χ3v) is 9.74. The van der Waals surface area contributed by atoms with Crippen molar-refractivity contribution in [1.82, 2.24) is 9.80 Å². The van der Waals surface area contributed by atoms with E-state index < -0.39 is 0 Å². The van der Waals surface area contributed by atoms with Crippen molar-refractivity contribution < 1.29 is 0 Å². The molecule has 2 nitrogen and oxygen atoms in total. The summed E-state index contributed by atoms with van der Waals surface area (Å²) in [5, 5.41) is 0. The van der Waals surface area contributed by atoms with Crippen molar-refractivity contribution in [3.8, 4) is 0 Å². The fourth-order valence-electron chi connectivity index (χ4n) is 7.55. The van der Waals surface area contributed by atoms with Crippen molar-refractivity contribution in [2.75, 3.05) is 26.7 Å². The second-order valence-corrected chi connectivity index (χ2v) is 12.0. The van der Waals surface area contributed by atoms with E-state index in [9.17, 15) is 0 Å². The van der Waals surface area contributed by atoms with Gasteiger partial charge in [-0.05, 0) is 100 Å². The second-order valence-electron chi connectivity index (χ2n) is 12.0. The Kier molecular flexibility index (Phi) is 8.97. The normalized spacial score (nSPS) is 27.0. The van der Waals surface area contributed by atoms with Gasteiger partial charge in [-0.2, -0.15) is 0 Å². The summed E-state index contributed by atoms with van der Waals surface area (Å²) < 4.78 is 0. The van der Waals surface area contributed by atoms with Gasteiger partial charge in [-0.3, -0.25) is 0 Å². The molecule has 2 aliphatic carbocycles. The maximum atomic E-state index is 2.83. The molecule has 35 heavy (non-hydrogen) atoms. The van der Waals surface area contributed by atoms with Gasteiger partial charge in [0.1, 0.15) is 0 Å². The lowest BCUT2D eigenvalue weighted by Crippen LogP contribution is -2.41. The summed E-state index contributed by atoms with van der Waals surface area (Å²) in [5.41, 5.74) is 3.10. The lowest BCUT2D eigenvalue weighted by Gasteiger charge is -2.36. The van der Waals surface area contributed by atoms with Gasteiger partial charge in [0.15, 0.2) is 0 Å². The van der Waals surface area contributed by atoms with Crippen molar-refractivity contribution >= 4 is 0 Å². The number of benzene rings is 2. The molecule has 2 heteroatoms. The third kappa shape index (κ3) is 6.77. The maximum Gasteiger partial charge on any atom is 0.0104 e. The van der Waals surface area contributed by atoms with E-state index in [0.29, 0.717) is 0 Å². The van der Waals surface area contributed by atoms with E-state index in [0.717, 1.165) is 29.8 Å². The summed E-state index contributed by atoms with van der Waals surface area (Å²) >= 11 is 0. The zero-order valence-corrected chi connectivity index (χ0v) is 22.2. The Labute approximate surface area is 215 Å². The largest absolute Gasteiger partial charge is 0.303 e. The molecule has 5 rings (SSSR count). The SMILES string of the molecule is CN(C1CCCCC1)C1C[C@H](CN2CCC(CCCc3ccccc3)CC2)[C@@H](c2ccccc2)C1. The van der Waals surface area contributed by atoms with Gasteiger partial charge in [0, 0.05) is 18.6 Å². The summed E-state index contributed by atoms with van der Waals surface area (Å²) in [4.78, 5) is 5.64. The molecule has 0 N–H and O–H groups in total. The first-order valence-electron chi connectivity index (χ1n) is 14.8. The number of hydrogen-bond acceptors (Lipinski definition) is 2. The molecule has 2 aromatic rings. The van der Waals surface area contributed by atoms with Crippen LogP contribution in [-0.2, 0) is 6.42 Å². The number of hydrogen-bond donors (Lipinski definition) is 0. The van der Waals surface area contributed by atoms with Crippen LogP contribution in [0.1, 0.15) is 87.7 Å². The van der Waals surface area contributed by atoms with Crippen LogP contribution in [-0.4, -0.2) is 48.6 Å². The summed E-state index contributed by atoms with van der Waals surface area (Å²) in [5.74, 6) is 2.48. The monoisotopic (exact) mass is 472 g/mol. The molecule has 0 spiro atoms. The predicted molar refractivity (Wildman–Crippen MR) is 149 cm³/mol. The van der Waals surface area contributed by atoms with Gasteiger partial charge in [-0.15, -0.1) is 0 Å². The molecule has 3 aliphatic rings. The fourth-order valence-corrected chi connectivity index (χ4v) is 7.55. The first-order valence-corrected chi connectivity index (χ1v) is 14.8. The maximum absolute atomic E-state index is 2.83. The summed E-state index contributed by atoms with van der Waals surface area (Å²) in [6.45, 7) is 3.94. The molecule has 1 heterocycles.